The third-order valence-electron chi connectivity index (χ3n) is 2.58. The smallest absolute Gasteiger partial charge is 0.345 e. The van der Waals surface area contributed by atoms with E-state index >= 15 is 0 Å². The number of carbonyl (C=O) groups is 1. The Kier molecular flexibility index (Phi) is 5.50. The van der Waals surface area contributed by atoms with Gasteiger partial charge in [-0.25, -0.2) is 30.7 Å². The lowest BCUT2D eigenvalue weighted by atomic mass is 10.4. The number of hydrogen-bond donors (Lipinski definition) is 2. The minimum Gasteiger partial charge on any atom is -0.477 e. The quantitative estimate of drug-likeness (QED) is 0.705. The first-order valence-electron chi connectivity index (χ1n) is 5.71. The summed E-state index contributed by atoms with van der Waals surface area (Å²) in [7, 11) is -4.74. The van der Waals surface area contributed by atoms with Crippen LogP contribution in [-0.2, 0) is 20.0 Å². The van der Waals surface area contributed by atoms with Crippen LogP contribution in [0.3, 0.4) is 0 Å². The standard InChI is InChI=1S/C10H16N2O6S3/c1-7-9(6-8(19-7)10(13)14)21(17,18)11-4-5-20(15,16)12(2)3/h6,11H,4-5H2,1-3H3,(H,13,14). The highest BCUT2D eigenvalue weighted by Crippen LogP contribution is 2.25. The molecule has 8 nitrogen and oxygen atoms in total. The molecule has 0 atom stereocenters. The molecule has 1 rings (SSSR count). The fraction of sp³-hybridized carbons (Fsp3) is 0.500. The van der Waals surface area contributed by atoms with Crippen molar-refractivity contribution in [2.24, 2.45) is 0 Å². The second kappa shape index (κ2) is 6.40. The lowest BCUT2D eigenvalue weighted by Gasteiger charge is -2.11. The number of rotatable bonds is 7. The van der Waals surface area contributed by atoms with E-state index in [4.69, 9.17) is 5.11 Å². The SMILES string of the molecule is Cc1sc(C(=O)O)cc1S(=O)(=O)NCCS(=O)(=O)N(C)C. The van der Waals surface area contributed by atoms with Crippen LogP contribution < -0.4 is 4.72 Å². The van der Waals surface area contributed by atoms with Crippen molar-refractivity contribution in [2.45, 2.75) is 11.8 Å². The summed E-state index contributed by atoms with van der Waals surface area (Å²) in [6.07, 6.45) is 0. The van der Waals surface area contributed by atoms with Gasteiger partial charge in [-0.15, -0.1) is 11.3 Å². The highest BCUT2D eigenvalue weighted by atomic mass is 32.2. The number of aromatic carboxylic acids is 1. The van der Waals surface area contributed by atoms with Crippen molar-refractivity contribution in [3.63, 3.8) is 0 Å². The number of carboxylic acids is 1. The van der Waals surface area contributed by atoms with Gasteiger partial charge in [-0.3, -0.25) is 0 Å². The number of hydrogen-bond acceptors (Lipinski definition) is 6. The maximum absolute atomic E-state index is 12.0. The zero-order valence-corrected chi connectivity index (χ0v) is 14.1. The van der Waals surface area contributed by atoms with Crippen molar-refractivity contribution in [3.8, 4) is 0 Å². The first-order valence-corrected chi connectivity index (χ1v) is 9.62. The molecule has 0 aliphatic carbocycles. The van der Waals surface area contributed by atoms with Crippen LogP contribution in [-0.4, -0.2) is 58.6 Å². The Labute approximate surface area is 127 Å². The van der Waals surface area contributed by atoms with Gasteiger partial charge >= 0.3 is 5.97 Å². The first-order chi connectivity index (χ1) is 9.47. The molecule has 2 N–H and O–H groups in total. The Balaban J connectivity index is 2.86. The Morgan fingerprint density at radius 2 is 1.90 bits per heavy atom. The minimum atomic E-state index is -3.94. The summed E-state index contributed by atoms with van der Waals surface area (Å²) in [6, 6.07) is 1.06. The molecule has 0 unspecified atom stereocenters. The Bertz CT molecular complexity index is 733. The summed E-state index contributed by atoms with van der Waals surface area (Å²) < 4.78 is 50.3. The molecule has 1 heterocycles. The summed E-state index contributed by atoms with van der Waals surface area (Å²) in [5.74, 6) is -1.59. The molecule has 120 valence electrons. The van der Waals surface area contributed by atoms with Crippen LogP contribution in [0.5, 0.6) is 0 Å². The van der Waals surface area contributed by atoms with E-state index in [0.29, 0.717) is 4.88 Å². The average Bonchev–Trinajstić information content (AvgIpc) is 2.71. The third-order valence-corrected chi connectivity index (χ3v) is 7.17. The zero-order chi connectivity index (χ0) is 16.4. The topological polar surface area (TPSA) is 121 Å². The van der Waals surface area contributed by atoms with E-state index in [1.807, 2.05) is 0 Å². The molecule has 0 spiro atoms. The van der Waals surface area contributed by atoms with Crippen LogP contribution >= 0.6 is 11.3 Å². The van der Waals surface area contributed by atoms with Gasteiger partial charge in [0.15, 0.2) is 0 Å². The third kappa shape index (κ3) is 4.48. The van der Waals surface area contributed by atoms with Gasteiger partial charge in [0.1, 0.15) is 4.88 Å². The van der Waals surface area contributed by atoms with Gasteiger partial charge in [0.25, 0.3) is 0 Å². The van der Waals surface area contributed by atoms with Crippen LogP contribution in [0.15, 0.2) is 11.0 Å². The lowest BCUT2D eigenvalue weighted by Crippen LogP contribution is -2.34. The fourth-order valence-electron chi connectivity index (χ4n) is 1.40. The van der Waals surface area contributed by atoms with Gasteiger partial charge in [0, 0.05) is 25.5 Å². The molecule has 0 bridgehead atoms. The largest absolute Gasteiger partial charge is 0.477 e. The van der Waals surface area contributed by atoms with Crippen molar-refractivity contribution >= 4 is 37.4 Å². The summed E-state index contributed by atoms with van der Waals surface area (Å²) in [5, 5.41) is 8.84. The van der Waals surface area contributed by atoms with Crippen molar-refractivity contribution in [2.75, 3.05) is 26.4 Å². The molecule has 21 heavy (non-hydrogen) atoms. The van der Waals surface area contributed by atoms with Crippen LogP contribution in [0.2, 0.25) is 0 Å². The second-order valence-corrected chi connectivity index (χ2v) is 9.63. The van der Waals surface area contributed by atoms with Crippen molar-refractivity contribution in [3.05, 3.63) is 15.8 Å². The first kappa shape index (κ1) is 18.0. The van der Waals surface area contributed by atoms with E-state index in [1.54, 1.807) is 0 Å². The molecular formula is C10H16N2O6S3. The average molecular weight is 356 g/mol. The predicted octanol–water partition coefficient (Wildman–Crippen LogP) is -0.0756. The molecule has 0 saturated heterocycles. The number of sulfonamides is 2. The monoisotopic (exact) mass is 356 g/mol. The van der Waals surface area contributed by atoms with Crippen LogP contribution in [0, 0.1) is 6.92 Å². The molecule has 1 aromatic heterocycles. The molecule has 0 aliphatic heterocycles. The fourth-order valence-corrected chi connectivity index (χ4v) is 4.72. The van der Waals surface area contributed by atoms with Gasteiger partial charge in [0.2, 0.25) is 20.0 Å². The van der Waals surface area contributed by atoms with Gasteiger partial charge in [-0.05, 0) is 13.0 Å². The van der Waals surface area contributed by atoms with E-state index in [1.165, 1.54) is 21.0 Å². The number of aryl methyl sites for hydroxylation is 1. The molecule has 0 aliphatic rings. The highest BCUT2D eigenvalue weighted by molar-refractivity contribution is 7.90. The second-order valence-electron chi connectivity index (χ2n) is 4.33. The normalized spacial score (nSPS) is 12.8. The summed E-state index contributed by atoms with van der Waals surface area (Å²) in [5.41, 5.74) is 0. The number of nitrogens with one attached hydrogen (secondary N) is 1. The molecule has 11 heteroatoms. The van der Waals surface area contributed by atoms with E-state index in [0.717, 1.165) is 21.7 Å². The molecule has 0 amide bonds. The van der Waals surface area contributed by atoms with E-state index in [-0.39, 0.29) is 22.1 Å². The minimum absolute atomic E-state index is 0.0891. The van der Waals surface area contributed by atoms with E-state index < -0.39 is 26.0 Å². The van der Waals surface area contributed by atoms with Crippen molar-refractivity contribution in [1.82, 2.24) is 9.03 Å². The van der Waals surface area contributed by atoms with Crippen LogP contribution in [0.4, 0.5) is 0 Å². The maximum atomic E-state index is 12.0. The number of thiophene rings is 1. The molecule has 1 aromatic rings. The number of nitrogens with zero attached hydrogens (tertiary/aromatic N) is 1. The van der Waals surface area contributed by atoms with Crippen LogP contribution in [0.25, 0.3) is 0 Å². The Morgan fingerprint density at radius 1 is 1.33 bits per heavy atom. The van der Waals surface area contributed by atoms with Gasteiger partial charge in [-0.1, -0.05) is 0 Å². The maximum Gasteiger partial charge on any atom is 0.345 e. The van der Waals surface area contributed by atoms with Crippen molar-refractivity contribution < 1.29 is 26.7 Å². The summed E-state index contributed by atoms with van der Waals surface area (Å²) in [6.45, 7) is 1.20. The van der Waals surface area contributed by atoms with Gasteiger partial charge in [-0.2, -0.15) is 0 Å². The Morgan fingerprint density at radius 3 is 2.33 bits per heavy atom. The van der Waals surface area contributed by atoms with E-state index in [9.17, 15) is 21.6 Å². The zero-order valence-electron chi connectivity index (χ0n) is 11.7. The summed E-state index contributed by atoms with van der Waals surface area (Å²) in [4.78, 5) is 10.9. The molecule has 0 aromatic carbocycles. The van der Waals surface area contributed by atoms with Gasteiger partial charge in [0.05, 0.1) is 10.6 Å². The predicted molar refractivity (Wildman–Crippen MR) is 78.7 cm³/mol. The van der Waals surface area contributed by atoms with Gasteiger partial charge < -0.3 is 5.11 Å². The van der Waals surface area contributed by atoms with E-state index in [2.05, 4.69) is 4.72 Å². The molecule has 0 fully saturated rings. The highest BCUT2D eigenvalue weighted by Gasteiger charge is 2.23. The molecule has 0 saturated carbocycles. The Hall–Kier alpha value is -1.01. The molecule has 0 radical (unpaired) electrons. The van der Waals surface area contributed by atoms with Crippen LogP contribution in [0.1, 0.15) is 14.5 Å². The number of carboxylic acid groups (broad SMARTS) is 1. The van der Waals surface area contributed by atoms with Crippen molar-refractivity contribution in [1.29, 1.82) is 0 Å². The molecular weight excluding hydrogens is 340 g/mol. The summed E-state index contributed by atoms with van der Waals surface area (Å²) >= 11 is 0.848. The lowest BCUT2D eigenvalue weighted by molar-refractivity contribution is 0.0702.